The maximum absolute atomic E-state index is 9.00. The van der Waals surface area contributed by atoms with E-state index in [4.69, 9.17) is 10.0 Å². The van der Waals surface area contributed by atoms with Crippen molar-refractivity contribution >= 4 is 33.6 Å². The van der Waals surface area contributed by atoms with E-state index in [-0.39, 0.29) is 0 Å². The molecule has 0 fully saturated rings. The van der Waals surface area contributed by atoms with Crippen molar-refractivity contribution < 1.29 is 10.0 Å². The van der Waals surface area contributed by atoms with Crippen LogP contribution in [0.5, 0.6) is 0 Å². The molecule has 0 bridgehead atoms. The first-order valence-corrected chi connectivity index (χ1v) is 5.78. The first-order valence-electron chi connectivity index (χ1n) is 4.96. The normalized spacial score (nSPS) is 10.9. The molecule has 5 heteroatoms. The van der Waals surface area contributed by atoms with E-state index in [1.165, 1.54) is 16.9 Å². The van der Waals surface area contributed by atoms with Crippen LogP contribution in [0.2, 0.25) is 0 Å². The lowest BCUT2D eigenvalue weighted by Gasteiger charge is -1.96. The number of aromatic nitrogens is 1. The van der Waals surface area contributed by atoms with Crippen LogP contribution in [0.25, 0.3) is 10.2 Å². The number of fused-ring (bicyclic) bond motifs is 1. The highest BCUT2D eigenvalue weighted by atomic mass is 32.1. The van der Waals surface area contributed by atoms with Crippen LogP contribution in [0.15, 0.2) is 18.2 Å². The SMILES string of the molecule is CCCc1ccc2sc(B(O)O)nc2c1. The number of benzene rings is 1. The van der Waals surface area contributed by atoms with Gasteiger partial charge in [0, 0.05) is 0 Å². The lowest BCUT2D eigenvalue weighted by Crippen LogP contribution is -2.28. The summed E-state index contributed by atoms with van der Waals surface area (Å²) in [5, 5.41) is 18.0. The molecule has 0 saturated carbocycles. The van der Waals surface area contributed by atoms with Gasteiger partial charge in [-0.25, -0.2) is 4.98 Å². The maximum Gasteiger partial charge on any atom is 0.519 e. The summed E-state index contributed by atoms with van der Waals surface area (Å²) >= 11 is 1.32. The van der Waals surface area contributed by atoms with Crippen LogP contribution in [0.3, 0.4) is 0 Å². The Hall–Kier alpha value is -0.905. The van der Waals surface area contributed by atoms with Gasteiger partial charge in [-0.3, -0.25) is 0 Å². The highest BCUT2D eigenvalue weighted by Gasteiger charge is 2.16. The fraction of sp³-hybridized carbons (Fsp3) is 0.300. The maximum atomic E-state index is 9.00. The first kappa shape index (κ1) is 10.6. The van der Waals surface area contributed by atoms with E-state index in [1.54, 1.807) is 0 Å². The molecule has 0 atom stereocenters. The van der Waals surface area contributed by atoms with E-state index in [0.717, 1.165) is 23.1 Å². The van der Waals surface area contributed by atoms with E-state index < -0.39 is 7.12 Å². The number of thiazole rings is 1. The molecule has 0 aliphatic heterocycles. The summed E-state index contributed by atoms with van der Waals surface area (Å²) in [4.78, 5) is 4.53. The van der Waals surface area contributed by atoms with Gasteiger partial charge in [0.25, 0.3) is 0 Å². The zero-order valence-electron chi connectivity index (χ0n) is 8.47. The standard InChI is InChI=1S/C10H12BNO2S/c1-2-3-7-4-5-9-8(6-7)12-10(15-9)11(13)14/h4-6,13-14H,2-3H2,1H3. The molecule has 1 aromatic heterocycles. The van der Waals surface area contributed by atoms with Gasteiger partial charge in [0.2, 0.25) is 0 Å². The number of hydrogen-bond donors (Lipinski definition) is 2. The summed E-state index contributed by atoms with van der Waals surface area (Å²) in [6.45, 7) is 2.13. The van der Waals surface area contributed by atoms with E-state index in [0.29, 0.717) is 4.91 Å². The molecule has 15 heavy (non-hydrogen) atoms. The van der Waals surface area contributed by atoms with E-state index in [2.05, 4.69) is 18.0 Å². The Morgan fingerprint density at radius 1 is 1.40 bits per heavy atom. The van der Waals surface area contributed by atoms with E-state index in [9.17, 15) is 0 Å². The minimum absolute atomic E-state index is 0.360. The Bertz CT molecular complexity index is 469. The molecular weight excluding hydrogens is 209 g/mol. The fourth-order valence-corrected chi connectivity index (χ4v) is 2.37. The second kappa shape index (κ2) is 4.30. The molecule has 0 amide bonds. The zero-order chi connectivity index (χ0) is 10.8. The van der Waals surface area contributed by atoms with Gasteiger partial charge in [0.1, 0.15) is 4.91 Å². The number of rotatable bonds is 3. The molecule has 1 aromatic carbocycles. The largest absolute Gasteiger partial charge is 0.519 e. The molecule has 0 radical (unpaired) electrons. The summed E-state index contributed by atoms with van der Waals surface area (Å²) in [5.74, 6) is 0. The Morgan fingerprint density at radius 3 is 2.87 bits per heavy atom. The van der Waals surface area contributed by atoms with Gasteiger partial charge >= 0.3 is 7.12 Å². The summed E-state index contributed by atoms with van der Waals surface area (Å²) < 4.78 is 0.998. The van der Waals surface area contributed by atoms with Gasteiger partial charge in [-0.2, -0.15) is 0 Å². The van der Waals surface area contributed by atoms with Gasteiger partial charge in [0.05, 0.1) is 10.2 Å². The van der Waals surface area contributed by atoms with Gasteiger partial charge < -0.3 is 10.0 Å². The van der Waals surface area contributed by atoms with E-state index in [1.807, 2.05) is 12.1 Å². The lowest BCUT2D eigenvalue weighted by molar-refractivity contribution is 0.425. The van der Waals surface area contributed by atoms with Crippen LogP contribution in [-0.2, 0) is 6.42 Å². The highest BCUT2D eigenvalue weighted by molar-refractivity contribution is 7.27. The smallest absolute Gasteiger partial charge is 0.422 e. The fourth-order valence-electron chi connectivity index (χ4n) is 1.55. The van der Waals surface area contributed by atoms with Crippen molar-refractivity contribution in [3.8, 4) is 0 Å². The number of nitrogens with zero attached hydrogens (tertiary/aromatic N) is 1. The van der Waals surface area contributed by atoms with Crippen molar-refractivity contribution in [2.24, 2.45) is 0 Å². The van der Waals surface area contributed by atoms with Gasteiger partial charge in [0.15, 0.2) is 0 Å². The third-order valence-electron chi connectivity index (χ3n) is 2.23. The summed E-state index contributed by atoms with van der Waals surface area (Å²) in [6.07, 6.45) is 2.13. The van der Waals surface area contributed by atoms with Gasteiger partial charge in [-0.15, -0.1) is 11.3 Å². The quantitative estimate of drug-likeness (QED) is 0.758. The zero-order valence-corrected chi connectivity index (χ0v) is 9.29. The molecule has 0 aliphatic carbocycles. The predicted molar refractivity (Wildman–Crippen MR) is 63.4 cm³/mol. The Morgan fingerprint density at radius 2 is 2.20 bits per heavy atom. The summed E-state index contributed by atoms with van der Waals surface area (Å²) in [5.41, 5.74) is 2.10. The first-order chi connectivity index (χ1) is 7.20. The molecule has 2 N–H and O–H groups in total. The van der Waals surface area contributed by atoms with Crippen molar-refractivity contribution in [1.82, 2.24) is 4.98 Å². The number of hydrogen-bond acceptors (Lipinski definition) is 4. The molecule has 3 nitrogen and oxygen atoms in total. The van der Waals surface area contributed by atoms with Crippen LogP contribution in [0.4, 0.5) is 0 Å². The molecule has 2 aromatic rings. The second-order valence-corrected chi connectivity index (χ2v) is 4.54. The average molecular weight is 221 g/mol. The molecule has 2 rings (SSSR count). The Labute approximate surface area is 92.5 Å². The molecule has 78 valence electrons. The van der Waals surface area contributed by atoms with Crippen LogP contribution < -0.4 is 4.91 Å². The monoisotopic (exact) mass is 221 g/mol. The van der Waals surface area contributed by atoms with Gasteiger partial charge in [-0.1, -0.05) is 19.4 Å². The average Bonchev–Trinajstić information content (AvgIpc) is 2.61. The molecule has 1 heterocycles. The molecule has 0 unspecified atom stereocenters. The summed E-state index contributed by atoms with van der Waals surface area (Å²) in [7, 11) is -1.46. The third-order valence-corrected chi connectivity index (χ3v) is 3.30. The molecule has 0 aliphatic rings. The minimum atomic E-state index is -1.46. The highest BCUT2D eigenvalue weighted by Crippen LogP contribution is 2.18. The molecule has 0 spiro atoms. The molecule has 0 saturated heterocycles. The van der Waals surface area contributed by atoms with Crippen LogP contribution >= 0.6 is 11.3 Å². The Balaban J connectivity index is 2.43. The molecular formula is C10H12BNO2S. The van der Waals surface area contributed by atoms with E-state index >= 15 is 0 Å². The van der Waals surface area contributed by atoms with Crippen molar-refractivity contribution in [2.45, 2.75) is 19.8 Å². The summed E-state index contributed by atoms with van der Waals surface area (Å²) in [6, 6.07) is 6.07. The topological polar surface area (TPSA) is 53.4 Å². The third kappa shape index (κ3) is 2.20. The van der Waals surface area contributed by atoms with Crippen molar-refractivity contribution in [3.05, 3.63) is 23.8 Å². The predicted octanol–water partition coefficient (Wildman–Crippen LogP) is 0.929. The number of aryl methyl sites for hydroxylation is 1. The van der Waals surface area contributed by atoms with Crippen molar-refractivity contribution in [2.75, 3.05) is 0 Å². The Kier molecular flexibility index (Phi) is 3.04. The van der Waals surface area contributed by atoms with Crippen molar-refractivity contribution in [3.63, 3.8) is 0 Å². The second-order valence-electron chi connectivity index (χ2n) is 3.48. The van der Waals surface area contributed by atoms with Crippen LogP contribution in [0.1, 0.15) is 18.9 Å². The van der Waals surface area contributed by atoms with Crippen LogP contribution in [0, 0.1) is 0 Å². The minimum Gasteiger partial charge on any atom is -0.422 e. The van der Waals surface area contributed by atoms with Crippen molar-refractivity contribution in [1.29, 1.82) is 0 Å². The van der Waals surface area contributed by atoms with Gasteiger partial charge in [-0.05, 0) is 24.1 Å². The lowest BCUT2D eigenvalue weighted by atomic mass is 9.94. The van der Waals surface area contributed by atoms with Crippen LogP contribution in [-0.4, -0.2) is 22.2 Å².